The Balaban J connectivity index is 1.94. The standard InChI is InChI=1S/C14H19NO3S3/c1-9(2)13-15(11(7-21-13)14(17)18)12(16)8-19-6-10-4-3-5-20-10/h3-5,9,11,13H,6-8H2,1-2H3,(H,17,18). The van der Waals surface area contributed by atoms with E-state index >= 15 is 0 Å². The van der Waals surface area contributed by atoms with Crippen molar-refractivity contribution in [3.63, 3.8) is 0 Å². The van der Waals surface area contributed by atoms with Crippen molar-refractivity contribution in [2.45, 2.75) is 31.0 Å². The lowest BCUT2D eigenvalue weighted by Crippen LogP contribution is -2.47. The van der Waals surface area contributed by atoms with Gasteiger partial charge in [-0.25, -0.2) is 4.79 Å². The minimum atomic E-state index is -0.901. The zero-order valence-corrected chi connectivity index (χ0v) is 14.5. The SMILES string of the molecule is CC(C)C1SCC(C(=O)O)N1C(=O)CSCc1cccs1. The largest absolute Gasteiger partial charge is 0.480 e. The van der Waals surface area contributed by atoms with Crippen molar-refractivity contribution in [3.8, 4) is 0 Å². The Labute approximate surface area is 137 Å². The molecular formula is C14H19NO3S3. The molecule has 1 fully saturated rings. The molecule has 0 bridgehead atoms. The number of aliphatic carboxylic acids is 1. The van der Waals surface area contributed by atoms with Gasteiger partial charge in [0.15, 0.2) is 0 Å². The molecule has 0 aromatic carbocycles. The number of rotatable bonds is 6. The fraction of sp³-hybridized carbons (Fsp3) is 0.571. The summed E-state index contributed by atoms with van der Waals surface area (Å²) in [5.41, 5.74) is 0. The average Bonchev–Trinajstić information content (AvgIpc) is 3.07. The monoisotopic (exact) mass is 345 g/mol. The Hall–Kier alpha value is -0.660. The number of thiophene rings is 1. The predicted molar refractivity (Wildman–Crippen MR) is 89.8 cm³/mol. The Morgan fingerprint density at radius 2 is 2.29 bits per heavy atom. The van der Waals surface area contributed by atoms with Crippen LogP contribution in [-0.4, -0.2) is 44.8 Å². The minimum Gasteiger partial charge on any atom is -0.480 e. The Morgan fingerprint density at radius 1 is 1.52 bits per heavy atom. The zero-order chi connectivity index (χ0) is 15.4. The van der Waals surface area contributed by atoms with Gasteiger partial charge in [0.05, 0.1) is 11.1 Å². The van der Waals surface area contributed by atoms with E-state index in [1.165, 1.54) is 4.88 Å². The van der Waals surface area contributed by atoms with Gasteiger partial charge in [0, 0.05) is 16.4 Å². The van der Waals surface area contributed by atoms with Gasteiger partial charge in [-0.15, -0.1) is 34.9 Å². The second kappa shape index (κ2) is 7.56. The number of carboxylic acids is 1. The highest BCUT2D eigenvalue weighted by Gasteiger charge is 2.42. The zero-order valence-electron chi connectivity index (χ0n) is 12.0. The highest BCUT2D eigenvalue weighted by atomic mass is 32.2. The van der Waals surface area contributed by atoms with Gasteiger partial charge < -0.3 is 10.0 Å². The minimum absolute atomic E-state index is 0.0269. The van der Waals surface area contributed by atoms with E-state index in [2.05, 4.69) is 0 Å². The van der Waals surface area contributed by atoms with E-state index in [9.17, 15) is 14.7 Å². The van der Waals surface area contributed by atoms with Gasteiger partial charge in [0.2, 0.25) is 5.91 Å². The van der Waals surface area contributed by atoms with Crippen LogP contribution < -0.4 is 0 Å². The summed E-state index contributed by atoms with van der Waals surface area (Å²) in [4.78, 5) is 26.6. The second-order valence-corrected chi connectivity index (χ2v) is 8.36. The first-order valence-corrected chi connectivity index (χ1v) is 9.84. The van der Waals surface area contributed by atoms with Gasteiger partial charge in [0.1, 0.15) is 6.04 Å². The van der Waals surface area contributed by atoms with Gasteiger partial charge in [-0.2, -0.15) is 0 Å². The van der Waals surface area contributed by atoms with E-state index in [4.69, 9.17) is 0 Å². The molecule has 0 spiro atoms. The van der Waals surface area contributed by atoms with Crippen LogP contribution in [0.25, 0.3) is 0 Å². The summed E-state index contributed by atoms with van der Waals surface area (Å²) in [6, 6.07) is 3.36. The molecule has 4 nitrogen and oxygen atoms in total. The predicted octanol–water partition coefficient (Wildman–Crippen LogP) is 2.99. The van der Waals surface area contributed by atoms with Gasteiger partial charge in [-0.1, -0.05) is 19.9 Å². The van der Waals surface area contributed by atoms with E-state index in [1.54, 1.807) is 39.8 Å². The maximum Gasteiger partial charge on any atom is 0.327 e. The summed E-state index contributed by atoms with van der Waals surface area (Å²) < 4.78 is 0. The molecule has 0 saturated carbocycles. The summed E-state index contributed by atoms with van der Waals surface area (Å²) in [5.74, 6) is 0.917. The van der Waals surface area contributed by atoms with Crippen molar-refractivity contribution in [1.29, 1.82) is 0 Å². The van der Waals surface area contributed by atoms with Crippen molar-refractivity contribution in [2.24, 2.45) is 5.92 Å². The van der Waals surface area contributed by atoms with Gasteiger partial charge in [-0.3, -0.25) is 4.79 Å². The molecule has 1 N–H and O–H groups in total. The van der Waals surface area contributed by atoms with Gasteiger partial charge in [-0.05, 0) is 17.4 Å². The van der Waals surface area contributed by atoms with Crippen molar-refractivity contribution in [3.05, 3.63) is 22.4 Å². The van der Waals surface area contributed by atoms with E-state index in [1.807, 2.05) is 31.4 Å². The number of nitrogens with zero attached hydrogens (tertiary/aromatic N) is 1. The molecule has 2 atom stereocenters. The van der Waals surface area contributed by atoms with Crippen LogP contribution in [-0.2, 0) is 15.3 Å². The molecule has 1 saturated heterocycles. The van der Waals surface area contributed by atoms with E-state index in [0.29, 0.717) is 11.5 Å². The third-order valence-electron chi connectivity index (χ3n) is 3.23. The van der Waals surface area contributed by atoms with Crippen molar-refractivity contribution < 1.29 is 14.7 Å². The third-order valence-corrected chi connectivity index (χ3v) is 6.87. The molecule has 116 valence electrons. The Bertz CT molecular complexity index is 490. The lowest BCUT2D eigenvalue weighted by Gasteiger charge is -2.29. The van der Waals surface area contributed by atoms with Gasteiger partial charge >= 0.3 is 5.97 Å². The maximum atomic E-state index is 12.4. The van der Waals surface area contributed by atoms with Crippen LogP contribution in [0.4, 0.5) is 0 Å². The molecule has 2 rings (SSSR count). The summed E-state index contributed by atoms with van der Waals surface area (Å²) in [6.45, 7) is 4.06. The molecule has 0 aliphatic carbocycles. The second-order valence-electron chi connectivity index (χ2n) is 5.20. The summed E-state index contributed by atoms with van der Waals surface area (Å²) in [6.07, 6.45) is 0. The van der Waals surface area contributed by atoms with Crippen molar-refractivity contribution >= 4 is 46.7 Å². The third kappa shape index (κ3) is 4.17. The van der Waals surface area contributed by atoms with Crippen LogP contribution in [0.1, 0.15) is 18.7 Å². The fourth-order valence-electron chi connectivity index (χ4n) is 2.26. The highest BCUT2D eigenvalue weighted by molar-refractivity contribution is 8.00. The summed E-state index contributed by atoms with van der Waals surface area (Å²) >= 11 is 4.80. The van der Waals surface area contributed by atoms with Crippen molar-refractivity contribution in [1.82, 2.24) is 4.90 Å². The molecule has 2 unspecified atom stereocenters. The maximum absolute atomic E-state index is 12.4. The van der Waals surface area contributed by atoms with Crippen LogP contribution >= 0.6 is 34.9 Å². The normalized spacial score (nSPS) is 22.0. The first-order valence-electron chi connectivity index (χ1n) is 6.76. The molecule has 1 aromatic rings. The number of hydrogen-bond acceptors (Lipinski definition) is 5. The topological polar surface area (TPSA) is 57.6 Å². The molecule has 1 aliphatic heterocycles. The molecule has 1 amide bonds. The van der Waals surface area contributed by atoms with Crippen LogP contribution in [0.15, 0.2) is 17.5 Å². The van der Waals surface area contributed by atoms with Crippen LogP contribution in [0, 0.1) is 5.92 Å². The first-order chi connectivity index (χ1) is 10.0. The number of hydrogen-bond donors (Lipinski definition) is 1. The average molecular weight is 346 g/mol. The Kier molecular flexibility index (Phi) is 6.01. The molecule has 2 heterocycles. The quantitative estimate of drug-likeness (QED) is 0.859. The van der Waals surface area contributed by atoms with E-state index < -0.39 is 12.0 Å². The van der Waals surface area contributed by atoms with Crippen molar-refractivity contribution in [2.75, 3.05) is 11.5 Å². The molecule has 1 aromatic heterocycles. The van der Waals surface area contributed by atoms with Crippen LogP contribution in [0.2, 0.25) is 0 Å². The van der Waals surface area contributed by atoms with Crippen LogP contribution in [0.3, 0.4) is 0 Å². The van der Waals surface area contributed by atoms with Gasteiger partial charge in [0.25, 0.3) is 0 Å². The lowest BCUT2D eigenvalue weighted by atomic mass is 10.1. The fourth-order valence-corrected chi connectivity index (χ4v) is 5.48. The highest BCUT2D eigenvalue weighted by Crippen LogP contribution is 2.34. The number of amides is 1. The number of carbonyl (C=O) groups excluding carboxylic acids is 1. The molecule has 0 radical (unpaired) electrons. The van der Waals surface area contributed by atoms with E-state index in [0.717, 1.165) is 5.75 Å². The number of thioether (sulfide) groups is 2. The Morgan fingerprint density at radius 3 is 2.86 bits per heavy atom. The van der Waals surface area contributed by atoms with Crippen LogP contribution in [0.5, 0.6) is 0 Å². The molecule has 1 aliphatic rings. The number of carboxylic acid groups (broad SMARTS) is 1. The van der Waals surface area contributed by atoms with E-state index in [-0.39, 0.29) is 17.2 Å². The lowest BCUT2D eigenvalue weighted by molar-refractivity contribution is -0.148. The molecule has 7 heteroatoms. The molecule has 21 heavy (non-hydrogen) atoms. The summed E-state index contributed by atoms with van der Waals surface area (Å²) in [5, 5.41) is 11.3. The number of carbonyl (C=O) groups is 2. The summed E-state index contributed by atoms with van der Waals surface area (Å²) in [7, 11) is 0. The smallest absolute Gasteiger partial charge is 0.327 e. The molecular weight excluding hydrogens is 326 g/mol. The first kappa shape index (κ1) is 16.7.